The lowest BCUT2D eigenvalue weighted by Gasteiger charge is -2.13. The van der Waals surface area contributed by atoms with Gasteiger partial charge in [0.2, 0.25) is 5.91 Å². The smallest absolute Gasteiger partial charge is 0.480 e. The summed E-state index contributed by atoms with van der Waals surface area (Å²) in [4.78, 5) is 21.5. The van der Waals surface area contributed by atoms with Crippen LogP contribution in [-0.2, 0) is 20.9 Å². The molecule has 116 valence electrons. The molecule has 0 aliphatic carbocycles. The van der Waals surface area contributed by atoms with Crippen LogP contribution in [0.1, 0.15) is 5.56 Å². The Kier molecular flexibility index (Phi) is 5.97. The van der Waals surface area contributed by atoms with Gasteiger partial charge in [0.05, 0.1) is 0 Å². The first-order valence-corrected chi connectivity index (χ1v) is 5.68. The highest BCUT2D eigenvalue weighted by molar-refractivity contribution is 5.77. The summed E-state index contributed by atoms with van der Waals surface area (Å²) in [5.41, 5.74) is 0.126. The van der Waals surface area contributed by atoms with Crippen molar-refractivity contribution in [2.45, 2.75) is 12.9 Å². The van der Waals surface area contributed by atoms with E-state index >= 15 is 0 Å². The summed E-state index contributed by atoms with van der Waals surface area (Å²) in [6.45, 7) is -1.35. The number of carbonyl (C=O) groups is 2. The minimum absolute atomic E-state index is 0.126. The second-order valence-corrected chi connectivity index (χ2v) is 3.82. The summed E-state index contributed by atoms with van der Waals surface area (Å²) in [5.74, 6) is -2.30. The van der Waals surface area contributed by atoms with Gasteiger partial charge in [-0.25, -0.2) is 4.79 Å². The number of nitrogens with one attached hydrogen (secondary N) is 1. The van der Waals surface area contributed by atoms with Crippen molar-refractivity contribution >= 4 is 11.9 Å². The molecule has 1 rings (SSSR count). The van der Waals surface area contributed by atoms with Crippen LogP contribution in [0, 0.1) is 0 Å². The van der Waals surface area contributed by atoms with E-state index in [9.17, 15) is 22.8 Å². The predicted octanol–water partition coefficient (Wildman–Crippen LogP) is 1.30. The third kappa shape index (κ3) is 7.16. The number of hydrogen-bond acceptors (Lipinski definition) is 4. The molecule has 0 bridgehead atoms. The average molecular weight is 307 g/mol. The average Bonchev–Trinajstić information content (AvgIpc) is 2.35. The first kappa shape index (κ1) is 16.8. The molecule has 0 saturated carbocycles. The SMILES string of the molecule is O=C(O)COCC(=O)NCc1ccccc1OC(F)(F)F. The van der Waals surface area contributed by atoms with Gasteiger partial charge in [-0.1, -0.05) is 18.2 Å². The Labute approximate surface area is 117 Å². The van der Waals surface area contributed by atoms with Crippen molar-refractivity contribution in [3.8, 4) is 5.75 Å². The molecular weight excluding hydrogens is 295 g/mol. The number of aliphatic carboxylic acids is 1. The molecule has 1 amide bonds. The van der Waals surface area contributed by atoms with E-state index in [0.717, 1.165) is 6.07 Å². The van der Waals surface area contributed by atoms with Crippen molar-refractivity contribution in [3.05, 3.63) is 29.8 Å². The number of hydrogen-bond donors (Lipinski definition) is 2. The Morgan fingerprint density at radius 2 is 1.86 bits per heavy atom. The molecule has 1 aromatic carbocycles. The van der Waals surface area contributed by atoms with Crippen LogP contribution in [0.4, 0.5) is 13.2 Å². The molecule has 0 saturated heterocycles. The molecule has 6 nitrogen and oxygen atoms in total. The number of carbonyl (C=O) groups excluding carboxylic acids is 1. The maximum atomic E-state index is 12.2. The fourth-order valence-electron chi connectivity index (χ4n) is 1.35. The number of carboxylic acid groups (broad SMARTS) is 1. The summed E-state index contributed by atoms with van der Waals surface area (Å²) in [6.07, 6.45) is -4.83. The summed E-state index contributed by atoms with van der Waals surface area (Å²) >= 11 is 0. The van der Waals surface area contributed by atoms with Gasteiger partial charge in [0, 0.05) is 12.1 Å². The van der Waals surface area contributed by atoms with Crippen molar-refractivity contribution in [2.75, 3.05) is 13.2 Å². The molecule has 0 aliphatic rings. The van der Waals surface area contributed by atoms with Crippen LogP contribution >= 0.6 is 0 Å². The van der Waals surface area contributed by atoms with Crippen molar-refractivity contribution in [1.29, 1.82) is 0 Å². The number of para-hydroxylation sites is 1. The first-order valence-electron chi connectivity index (χ1n) is 5.68. The van der Waals surface area contributed by atoms with Crippen LogP contribution in [0.2, 0.25) is 0 Å². The standard InChI is InChI=1S/C12H12F3NO5/c13-12(14,15)21-9-4-2-1-3-8(9)5-16-10(17)6-20-7-11(18)19/h1-4H,5-7H2,(H,16,17)(H,18,19). The van der Waals surface area contributed by atoms with Gasteiger partial charge in [-0.05, 0) is 6.07 Å². The van der Waals surface area contributed by atoms with Crippen LogP contribution in [0.3, 0.4) is 0 Å². The molecule has 0 heterocycles. The summed E-state index contributed by atoms with van der Waals surface area (Å²) < 4.78 is 44.9. The van der Waals surface area contributed by atoms with Gasteiger partial charge in [0.1, 0.15) is 19.0 Å². The maximum Gasteiger partial charge on any atom is 0.573 e. The second-order valence-electron chi connectivity index (χ2n) is 3.82. The Hall–Kier alpha value is -2.29. The lowest BCUT2D eigenvalue weighted by atomic mass is 10.2. The van der Waals surface area contributed by atoms with Crippen LogP contribution in [0.25, 0.3) is 0 Å². The van der Waals surface area contributed by atoms with E-state index in [1.165, 1.54) is 18.2 Å². The van der Waals surface area contributed by atoms with Gasteiger partial charge >= 0.3 is 12.3 Å². The molecule has 0 aromatic heterocycles. The van der Waals surface area contributed by atoms with Gasteiger partial charge in [-0.2, -0.15) is 0 Å². The topological polar surface area (TPSA) is 84.9 Å². The summed E-state index contributed by atoms with van der Waals surface area (Å²) in [5, 5.41) is 10.6. The van der Waals surface area contributed by atoms with Crippen molar-refractivity contribution in [3.63, 3.8) is 0 Å². The van der Waals surface area contributed by atoms with E-state index in [4.69, 9.17) is 5.11 Å². The lowest BCUT2D eigenvalue weighted by Crippen LogP contribution is -2.28. The number of ether oxygens (including phenoxy) is 2. The Morgan fingerprint density at radius 3 is 2.48 bits per heavy atom. The van der Waals surface area contributed by atoms with E-state index < -0.39 is 37.2 Å². The molecule has 9 heteroatoms. The fraction of sp³-hybridized carbons (Fsp3) is 0.333. The molecule has 0 radical (unpaired) electrons. The van der Waals surface area contributed by atoms with E-state index in [0.29, 0.717) is 0 Å². The van der Waals surface area contributed by atoms with Gasteiger partial charge in [-0.15, -0.1) is 13.2 Å². The number of alkyl halides is 3. The van der Waals surface area contributed by atoms with Gasteiger partial charge in [-0.3, -0.25) is 4.79 Å². The molecule has 0 atom stereocenters. The van der Waals surface area contributed by atoms with Crippen LogP contribution in [-0.4, -0.2) is 36.6 Å². The number of benzene rings is 1. The number of carboxylic acids is 1. The van der Waals surface area contributed by atoms with Gasteiger partial charge in [0.25, 0.3) is 0 Å². The third-order valence-corrected chi connectivity index (χ3v) is 2.13. The normalized spacial score (nSPS) is 11.0. The maximum absolute atomic E-state index is 12.2. The van der Waals surface area contributed by atoms with Crippen molar-refractivity contribution in [1.82, 2.24) is 5.32 Å². The number of halogens is 3. The van der Waals surface area contributed by atoms with E-state index in [-0.39, 0.29) is 12.1 Å². The highest BCUT2D eigenvalue weighted by Crippen LogP contribution is 2.25. The Balaban J connectivity index is 2.51. The summed E-state index contributed by atoms with van der Waals surface area (Å²) in [6, 6.07) is 5.34. The van der Waals surface area contributed by atoms with Crippen molar-refractivity contribution in [2.24, 2.45) is 0 Å². The molecule has 21 heavy (non-hydrogen) atoms. The van der Waals surface area contributed by atoms with Crippen LogP contribution in [0.5, 0.6) is 5.75 Å². The third-order valence-electron chi connectivity index (χ3n) is 2.13. The fourth-order valence-corrected chi connectivity index (χ4v) is 1.35. The highest BCUT2D eigenvalue weighted by atomic mass is 19.4. The summed E-state index contributed by atoms with van der Waals surface area (Å²) in [7, 11) is 0. The largest absolute Gasteiger partial charge is 0.573 e. The van der Waals surface area contributed by atoms with E-state index in [1.807, 2.05) is 0 Å². The predicted molar refractivity (Wildman–Crippen MR) is 63.4 cm³/mol. The molecule has 2 N–H and O–H groups in total. The van der Waals surface area contributed by atoms with E-state index in [2.05, 4.69) is 14.8 Å². The zero-order valence-electron chi connectivity index (χ0n) is 10.6. The monoisotopic (exact) mass is 307 g/mol. The van der Waals surface area contributed by atoms with Gasteiger partial charge in [0.15, 0.2) is 0 Å². The molecule has 0 aliphatic heterocycles. The lowest BCUT2D eigenvalue weighted by molar-refractivity contribution is -0.274. The van der Waals surface area contributed by atoms with Crippen LogP contribution in [0.15, 0.2) is 24.3 Å². The molecule has 0 fully saturated rings. The Morgan fingerprint density at radius 1 is 1.19 bits per heavy atom. The highest BCUT2D eigenvalue weighted by Gasteiger charge is 2.31. The molecule has 1 aromatic rings. The second kappa shape index (κ2) is 7.48. The first-order chi connectivity index (χ1) is 9.78. The minimum Gasteiger partial charge on any atom is -0.480 e. The molecule has 0 unspecified atom stereocenters. The van der Waals surface area contributed by atoms with E-state index in [1.54, 1.807) is 0 Å². The quantitative estimate of drug-likeness (QED) is 0.793. The molecule has 0 spiro atoms. The minimum atomic E-state index is -4.83. The molecular formula is C12H12F3NO5. The van der Waals surface area contributed by atoms with Crippen LogP contribution < -0.4 is 10.1 Å². The Bertz CT molecular complexity index is 504. The van der Waals surface area contributed by atoms with Gasteiger partial charge < -0.3 is 19.9 Å². The number of amides is 1. The zero-order valence-corrected chi connectivity index (χ0v) is 10.6. The number of rotatable bonds is 7. The van der Waals surface area contributed by atoms with Crippen molar-refractivity contribution < 1.29 is 37.3 Å². The zero-order chi connectivity index (χ0) is 15.9.